The van der Waals surface area contributed by atoms with Gasteiger partial charge in [0.25, 0.3) is 5.91 Å². The first-order valence-electron chi connectivity index (χ1n) is 6.05. The molecule has 0 aliphatic rings. The van der Waals surface area contributed by atoms with E-state index in [2.05, 4.69) is 29.5 Å². The Balaban J connectivity index is 2.71. The minimum Gasteiger partial charge on any atom is -0.370 e. The molecule has 1 heterocycles. The number of hydrogen-bond donors (Lipinski definition) is 2. The zero-order valence-corrected chi connectivity index (χ0v) is 10.9. The van der Waals surface area contributed by atoms with Gasteiger partial charge < -0.3 is 10.6 Å². The number of nitrogens with zero attached hydrogens (tertiary/aromatic N) is 1. The third-order valence-corrected chi connectivity index (χ3v) is 2.74. The van der Waals surface area contributed by atoms with E-state index in [-0.39, 0.29) is 11.9 Å². The van der Waals surface area contributed by atoms with Gasteiger partial charge in [-0.3, -0.25) is 4.79 Å². The summed E-state index contributed by atoms with van der Waals surface area (Å²) < 4.78 is 0. The summed E-state index contributed by atoms with van der Waals surface area (Å²) in [5.41, 5.74) is 0.642. The van der Waals surface area contributed by atoms with Crippen molar-refractivity contribution in [2.24, 2.45) is 5.92 Å². The molecule has 0 saturated carbocycles. The van der Waals surface area contributed by atoms with E-state index in [9.17, 15) is 4.79 Å². The van der Waals surface area contributed by atoms with Gasteiger partial charge in [0.2, 0.25) is 0 Å². The van der Waals surface area contributed by atoms with Crippen molar-refractivity contribution in [2.45, 2.75) is 33.7 Å². The van der Waals surface area contributed by atoms with Crippen LogP contribution < -0.4 is 10.6 Å². The molecule has 4 nitrogen and oxygen atoms in total. The van der Waals surface area contributed by atoms with Crippen LogP contribution in [0.3, 0.4) is 0 Å². The topological polar surface area (TPSA) is 54.0 Å². The Morgan fingerprint density at radius 1 is 1.41 bits per heavy atom. The lowest BCUT2D eigenvalue weighted by Crippen LogP contribution is -2.36. The van der Waals surface area contributed by atoms with Gasteiger partial charge in [-0.05, 0) is 31.9 Å². The van der Waals surface area contributed by atoms with Crippen LogP contribution in [0.15, 0.2) is 18.3 Å². The number of anilines is 1. The predicted octanol–water partition coefficient (Wildman–Crippen LogP) is 2.29. The summed E-state index contributed by atoms with van der Waals surface area (Å²) in [6.45, 7) is 8.97. The highest BCUT2D eigenvalue weighted by Crippen LogP contribution is 2.08. The highest BCUT2D eigenvalue weighted by molar-refractivity contribution is 5.94. The molecule has 0 bridgehead atoms. The van der Waals surface area contributed by atoms with Gasteiger partial charge in [-0.2, -0.15) is 0 Å². The normalized spacial score (nSPS) is 12.3. The smallest absolute Gasteiger partial charge is 0.251 e. The molecule has 4 heteroatoms. The third-order valence-electron chi connectivity index (χ3n) is 2.74. The highest BCUT2D eigenvalue weighted by Gasteiger charge is 2.12. The van der Waals surface area contributed by atoms with Gasteiger partial charge in [-0.1, -0.05) is 13.8 Å². The maximum Gasteiger partial charge on any atom is 0.251 e. The first-order chi connectivity index (χ1) is 8.04. The first kappa shape index (κ1) is 13.5. The van der Waals surface area contributed by atoms with Gasteiger partial charge in [0.15, 0.2) is 0 Å². The van der Waals surface area contributed by atoms with Crippen LogP contribution in [0.4, 0.5) is 5.82 Å². The fourth-order valence-corrected chi connectivity index (χ4v) is 1.31. The lowest BCUT2D eigenvalue weighted by atomic mass is 10.1. The van der Waals surface area contributed by atoms with Gasteiger partial charge in [-0.15, -0.1) is 0 Å². The van der Waals surface area contributed by atoms with Crippen LogP contribution in [-0.2, 0) is 0 Å². The molecular weight excluding hydrogens is 214 g/mol. The Morgan fingerprint density at radius 2 is 2.12 bits per heavy atom. The highest BCUT2D eigenvalue weighted by atomic mass is 16.1. The van der Waals surface area contributed by atoms with Crippen LogP contribution in [-0.4, -0.2) is 23.5 Å². The second-order valence-electron chi connectivity index (χ2n) is 4.47. The SMILES string of the molecule is CCNc1cc(C(=O)NC(C)C(C)C)ccn1. The van der Waals surface area contributed by atoms with Crippen LogP contribution in [0.2, 0.25) is 0 Å². The minimum atomic E-state index is -0.0484. The molecule has 0 fully saturated rings. The van der Waals surface area contributed by atoms with Gasteiger partial charge in [0.1, 0.15) is 5.82 Å². The van der Waals surface area contributed by atoms with E-state index in [4.69, 9.17) is 0 Å². The zero-order chi connectivity index (χ0) is 12.8. The van der Waals surface area contributed by atoms with E-state index in [1.807, 2.05) is 13.8 Å². The number of carbonyl (C=O) groups is 1. The van der Waals surface area contributed by atoms with Crippen LogP contribution in [0.5, 0.6) is 0 Å². The molecule has 1 aromatic rings. The van der Waals surface area contributed by atoms with E-state index in [1.54, 1.807) is 18.3 Å². The summed E-state index contributed by atoms with van der Waals surface area (Å²) in [6, 6.07) is 3.66. The maximum atomic E-state index is 11.9. The quantitative estimate of drug-likeness (QED) is 0.823. The number of aromatic nitrogens is 1. The Morgan fingerprint density at radius 3 is 2.71 bits per heavy atom. The van der Waals surface area contributed by atoms with E-state index >= 15 is 0 Å². The maximum absolute atomic E-state index is 11.9. The van der Waals surface area contributed by atoms with Crippen molar-refractivity contribution >= 4 is 11.7 Å². The zero-order valence-electron chi connectivity index (χ0n) is 10.9. The number of rotatable bonds is 5. The fraction of sp³-hybridized carbons (Fsp3) is 0.538. The number of hydrogen-bond acceptors (Lipinski definition) is 3. The fourth-order valence-electron chi connectivity index (χ4n) is 1.31. The van der Waals surface area contributed by atoms with E-state index in [0.717, 1.165) is 12.4 Å². The molecule has 1 aromatic heterocycles. The Kier molecular flexibility index (Phi) is 4.94. The lowest BCUT2D eigenvalue weighted by molar-refractivity contribution is 0.0930. The Bertz CT molecular complexity index is 377. The molecule has 0 aliphatic carbocycles. The Labute approximate surface area is 103 Å². The lowest BCUT2D eigenvalue weighted by Gasteiger charge is -2.17. The molecule has 94 valence electrons. The van der Waals surface area contributed by atoms with Gasteiger partial charge in [0.05, 0.1) is 0 Å². The van der Waals surface area contributed by atoms with Gasteiger partial charge in [-0.25, -0.2) is 4.98 Å². The molecule has 2 N–H and O–H groups in total. The van der Waals surface area contributed by atoms with Crippen molar-refractivity contribution in [3.8, 4) is 0 Å². The van der Waals surface area contributed by atoms with E-state index in [0.29, 0.717) is 11.5 Å². The molecular formula is C13H21N3O. The van der Waals surface area contributed by atoms with Crippen LogP contribution in [0.1, 0.15) is 38.1 Å². The van der Waals surface area contributed by atoms with Gasteiger partial charge in [0, 0.05) is 24.3 Å². The minimum absolute atomic E-state index is 0.0484. The average Bonchev–Trinajstić information content (AvgIpc) is 2.29. The van der Waals surface area contributed by atoms with Crippen molar-refractivity contribution in [1.82, 2.24) is 10.3 Å². The molecule has 0 radical (unpaired) electrons. The van der Waals surface area contributed by atoms with Crippen molar-refractivity contribution in [2.75, 3.05) is 11.9 Å². The molecule has 1 amide bonds. The number of pyridine rings is 1. The monoisotopic (exact) mass is 235 g/mol. The summed E-state index contributed by atoms with van der Waals surface area (Å²) in [6.07, 6.45) is 1.65. The van der Waals surface area contributed by atoms with Crippen LogP contribution in [0, 0.1) is 5.92 Å². The molecule has 0 aliphatic heterocycles. The number of carbonyl (C=O) groups excluding carboxylic acids is 1. The van der Waals surface area contributed by atoms with Crippen molar-refractivity contribution in [3.63, 3.8) is 0 Å². The van der Waals surface area contributed by atoms with Crippen molar-refractivity contribution in [3.05, 3.63) is 23.9 Å². The summed E-state index contributed by atoms with van der Waals surface area (Å²) in [5.74, 6) is 1.11. The molecule has 1 unspecified atom stereocenters. The second-order valence-corrected chi connectivity index (χ2v) is 4.47. The number of amides is 1. The predicted molar refractivity (Wildman–Crippen MR) is 70.2 cm³/mol. The average molecular weight is 235 g/mol. The molecule has 0 aromatic carbocycles. The van der Waals surface area contributed by atoms with E-state index < -0.39 is 0 Å². The number of nitrogens with one attached hydrogen (secondary N) is 2. The van der Waals surface area contributed by atoms with Crippen LogP contribution in [0.25, 0.3) is 0 Å². The third kappa shape index (κ3) is 4.06. The standard InChI is InChI=1S/C13H21N3O/c1-5-14-12-8-11(6-7-15-12)13(17)16-10(4)9(2)3/h6-10H,5H2,1-4H3,(H,14,15)(H,16,17). The summed E-state index contributed by atoms with van der Waals surface area (Å²) in [5, 5.41) is 6.06. The Hall–Kier alpha value is -1.58. The summed E-state index contributed by atoms with van der Waals surface area (Å²) in [7, 11) is 0. The molecule has 17 heavy (non-hydrogen) atoms. The van der Waals surface area contributed by atoms with Crippen LogP contribution >= 0.6 is 0 Å². The first-order valence-corrected chi connectivity index (χ1v) is 6.05. The molecule has 0 spiro atoms. The van der Waals surface area contributed by atoms with Crippen molar-refractivity contribution in [1.29, 1.82) is 0 Å². The van der Waals surface area contributed by atoms with Crippen molar-refractivity contribution < 1.29 is 4.79 Å². The van der Waals surface area contributed by atoms with E-state index in [1.165, 1.54) is 0 Å². The van der Waals surface area contributed by atoms with Gasteiger partial charge >= 0.3 is 0 Å². The second kappa shape index (κ2) is 6.23. The summed E-state index contributed by atoms with van der Waals surface area (Å²) in [4.78, 5) is 16.1. The summed E-state index contributed by atoms with van der Waals surface area (Å²) >= 11 is 0. The molecule has 1 atom stereocenters. The molecule has 0 saturated heterocycles. The largest absolute Gasteiger partial charge is 0.370 e. The molecule has 1 rings (SSSR count).